The lowest BCUT2D eigenvalue weighted by atomic mass is 10.0. The first-order valence-electron chi connectivity index (χ1n) is 15.4. The number of para-hydroxylation sites is 3. The van der Waals surface area contributed by atoms with Gasteiger partial charge in [0.15, 0.2) is 5.58 Å². The first kappa shape index (κ1) is 25.1. The Bertz CT molecular complexity index is 2730. The van der Waals surface area contributed by atoms with Gasteiger partial charge in [0, 0.05) is 44.4 Å². The first-order valence-corrected chi connectivity index (χ1v) is 15.4. The molecule has 4 heteroatoms. The van der Waals surface area contributed by atoms with Gasteiger partial charge in [-0.05, 0) is 59.7 Å². The summed E-state index contributed by atoms with van der Waals surface area (Å²) in [6.07, 6.45) is 0. The van der Waals surface area contributed by atoms with E-state index >= 15 is 0 Å². The predicted octanol–water partition coefficient (Wildman–Crippen LogP) is 12.5. The SMILES string of the molecule is c1ccc(-c2ccc(N(c3ccccc3)c3cc4oc5ccc6c7ccccc7oc6c5c4c4c3oc3ccccc34)cc2)cc1. The minimum atomic E-state index is 0.777. The Balaban J connectivity index is 1.30. The van der Waals surface area contributed by atoms with E-state index in [2.05, 4.69) is 114 Å². The van der Waals surface area contributed by atoms with Gasteiger partial charge < -0.3 is 18.2 Å². The molecule has 7 aromatic carbocycles. The number of hydrogen-bond acceptors (Lipinski definition) is 4. The fourth-order valence-electron chi connectivity index (χ4n) is 7.00. The van der Waals surface area contributed by atoms with Crippen LogP contribution in [0.1, 0.15) is 0 Å². The van der Waals surface area contributed by atoms with Crippen LogP contribution in [0.4, 0.5) is 17.1 Å². The zero-order valence-electron chi connectivity index (χ0n) is 24.6. The van der Waals surface area contributed by atoms with E-state index in [-0.39, 0.29) is 0 Å². The molecule has 0 atom stereocenters. The number of nitrogens with zero attached hydrogens (tertiary/aromatic N) is 1. The van der Waals surface area contributed by atoms with Crippen LogP contribution in [0.15, 0.2) is 165 Å². The average Bonchev–Trinajstić information content (AvgIpc) is 3.80. The van der Waals surface area contributed by atoms with E-state index in [1.54, 1.807) is 0 Å². The summed E-state index contributed by atoms with van der Waals surface area (Å²) in [7, 11) is 0. The minimum Gasteiger partial charge on any atom is -0.456 e. The van der Waals surface area contributed by atoms with Crippen LogP contribution in [-0.2, 0) is 0 Å². The van der Waals surface area contributed by atoms with Gasteiger partial charge in [-0.25, -0.2) is 0 Å². The van der Waals surface area contributed by atoms with Crippen molar-refractivity contribution in [1.82, 2.24) is 0 Å². The van der Waals surface area contributed by atoms with Gasteiger partial charge in [0.2, 0.25) is 0 Å². The number of furan rings is 3. The molecule has 0 bridgehead atoms. The number of anilines is 3. The third kappa shape index (κ3) is 3.61. The number of fused-ring (bicyclic) bond motifs is 11. The molecule has 3 heterocycles. The van der Waals surface area contributed by atoms with Crippen LogP contribution in [0.25, 0.3) is 76.9 Å². The zero-order chi connectivity index (χ0) is 30.2. The molecule has 10 rings (SSSR count). The van der Waals surface area contributed by atoms with E-state index in [0.29, 0.717) is 0 Å². The normalized spacial score (nSPS) is 11.9. The van der Waals surface area contributed by atoms with Crippen LogP contribution in [0.5, 0.6) is 0 Å². The summed E-state index contributed by atoms with van der Waals surface area (Å²) < 4.78 is 20.0. The summed E-state index contributed by atoms with van der Waals surface area (Å²) in [5.74, 6) is 0. The Hall–Kier alpha value is -6.26. The molecule has 0 aliphatic rings. The molecular formula is C42H25NO3. The minimum absolute atomic E-state index is 0.777. The van der Waals surface area contributed by atoms with Crippen LogP contribution < -0.4 is 4.90 Å². The van der Waals surface area contributed by atoms with Gasteiger partial charge in [-0.2, -0.15) is 0 Å². The summed E-state index contributed by atoms with van der Waals surface area (Å²) in [6.45, 7) is 0. The van der Waals surface area contributed by atoms with Crippen molar-refractivity contribution in [2.45, 2.75) is 0 Å². The lowest BCUT2D eigenvalue weighted by Gasteiger charge is -2.25. The average molecular weight is 592 g/mol. The third-order valence-electron chi connectivity index (χ3n) is 9.06. The summed E-state index contributed by atoms with van der Waals surface area (Å²) >= 11 is 0. The molecule has 0 fully saturated rings. The largest absolute Gasteiger partial charge is 0.456 e. The molecule has 10 aromatic rings. The summed E-state index contributed by atoms with van der Waals surface area (Å²) in [5.41, 5.74) is 10.1. The highest BCUT2D eigenvalue weighted by Gasteiger charge is 2.26. The van der Waals surface area contributed by atoms with Gasteiger partial charge in [-0.3, -0.25) is 0 Å². The maximum absolute atomic E-state index is 6.78. The molecule has 0 unspecified atom stereocenters. The Morgan fingerprint density at radius 1 is 0.348 bits per heavy atom. The van der Waals surface area contributed by atoms with E-state index in [9.17, 15) is 0 Å². The quantitative estimate of drug-likeness (QED) is 0.204. The molecule has 0 aliphatic heterocycles. The third-order valence-corrected chi connectivity index (χ3v) is 9.06. The Labute approximate surface area is 263 Å². The molecule has 0 amide bonds. The molecule has 0 saturated heterocycles. The predicted molar refractivity (Wildman–Crippen MR) is 188 cm³/mol. The smallest absolute Gasteiger partial charge is 0.160 e. The molecule has 216 valence electrons. The number of hydrogen-bond donors (Lipinski definition) is 0. The highest BCUT2D eigenvalue weighted by Crippen LogP contribution is 2.49. The molecule has 4 nitrogen and oxygen atoms in total. The van der Waals surface area contributed by atoms with Crippen molar-refractivity contribution < 1.29 is 13.3 Å². The molecule has 0 aliphatic carbocycles. The summed E-state index contributed by atoms with van der Waals surface area (Å²) in [5, 5.41) is 6.17. The van der Waals surface area contributed by atoms with Gasteiger partial charge in [0.05, 0.1) is 11.1 Å². The van der Waals surface area contributed by atoms with E-state index in [4.69, 9.17) is 13.3 Å². The lowest BCUT2D eigenvalue weighted by Crippen LogP contribution is -2.10. The molecular weight excluding hydrogens is 566 g/mol. The molecule has 0 spiro atoms. The zero-order valence-corrected chi connectivity index (χ0v) is 24.6. The second kappa shape index (κ2) is 9.62. The Kier molecular flexibility index (Phi) is 5.25. The Morgan fingerprint density at radius 2 is 0.957 bits per heavy atom. The first-order chi connectivity index (χ1) is 22.8. The number of rotatable bonds is 4. The van der Waals surface area contributed by atoms with Crippen molar-refractivity contribution in [3.8, 4) is 11.1 Å². The van der Waals surface area contributed by atoms with Gasteiger partial charge in [0.25, 0.3) is 0 Å². The van der Waals surface area contributed by atoms with Crippen LogP contribution in [0, 0.1) is 0 Å². The van der Waals surface area contributed by atoms with Gasteiger partial charge in [-0.1, -0.05) is 97.1 Å². The van der Waals surface area contributed by atoms with E-state index in [0.717, 1.165) is 88.4 Å². The number of benzene rings is 7. The van der Waals surface area contributed by atoms with Crippen LogP contribution in [0.2, 0.25) is 0 Å². The van der Waals surface area contributed by atoms with Crippen molar-refractivity contribution in [2.75, 3.05) is 4.90 Å². The van der Waals surface area contributed by atoms with Crippen LogP contribution >= 0.6 is 0 Å². The van der Waals surface area contributed by atoms with Crippen molar-refractivity contribution in [1.29, 1.82) is 0 Å². The molecule has 0 radical (unpaired) electrons. The van der Waals surface area contributed by atoms with Crippen LogP contribution in [-0.4, -0.2) is 0 Å². The van der Waals surface area contributed by atoms with Gasteiger partial charge >= 0.3 is 0 Å². The van der Waals surface area contributed by atoms with E-state index < -0.39 is 0 Å². The summed E-state index contributed by atoms with van der Waals surface area (Å²) in [4.78, 5) is 2.25. The van der Waals surface area contributed by atoms with E-state index in [1.807, 2.05) is 42.5 Å². The monoisotopic (exact) mass is 591 g/mol. The second-order valence-corrected chi connectivity index (χ2v) is 11.7. The fraction of sp³-hybridized carbons (Fsp3) is 0. The second-order valence-electron chi connectivity index (χ2n) is 11.7. The molecule has 0 saturated carbocycles. The molecule has 3 aromatic heterocycles. The fourth-order valence-corrected chi connectivity index (χ4v) is 7.00. The molecule has 0 N–H and O–H groups in total. The lowest BCUT2D eigenvalue weighted by molar-refractivity contribution is 0.660. The van der Waals surface area contributed by atoms with E-state index in [1.165, 1.54) is 5.56 Å². The van der Waals surface area contributed by atoms with Crippen LogP contribution in [0.3, 0.4) is 0 Å². The van der Waals surface area contributed by atoms with Crippen molar-refractivity contribution >= 4 is 82.9 Å². The highest BCUT2D eigenvalue weighted by atomic mass is 16.3. The van der Waals surface area contributed by atoms with Crippen molar-refractivity contribution in [3.05, 3.63) is 152 Å². The van der Waals surface area contributed by atoms with Crippen molar-refractivity contribution in [3.63, 3.8) is 0 Å². The highest BCUT2D eigenvalue weighted by molar-refractivity contribution is 6.33. The van der Waals surface area contributed by atoms with Crippen molar-refractivity contribution in [2.24, 2.45) is 0 Å². The topological polar surface area (TPSA) is 42.7 Å². The summed E-state index contributed by atoms with van der Waals surface area (Å²) in [6, 6.07) is 52.3. The van der Waals surface area contributed by atoms with Gasteiger partial charge in [0.1, 0.15) is 27.9 Å². The molecule has 46 heavy (non-hydrogen) atoms. The standard InChI is InChI=1S/C42H25NO3/c1-3-11-26(12-4-1)27-19-21-29(22-20-27)43(28-13-5-2-6-14-28)33-25-37-39(38-32-16-8-10-18-35(32)46-42(33)38)40-36(44-37)24-23-31-30-15-7-9-17-34(30)45-41(31)40/h1-25H. The maximum Gasteiger partial charge on any atom is 0.160 e. The van der Waals surface area contributed by atoms with Gasteiger partial charge in [-0.15, -0.1) is 0 Å². The maximum atomic E-state index is 6.78. The Morgan fingerprint density at radius 3 is 1.74 bits per heavy atom.